The zero-order valence-electron chi connectivity index (χ0n) is 10.6. The number of rotatable bonds is 3. The molecule has 8 heteroatoms. The van der Waals surface area contributed by atoms with Gasteiger partial charge in [0.05, 0.1) is 11.5 Å². The molecule has 4 fully saturated rings. The van der Waals surface area contributed by atoms with Crippen LogP contribution in [0.3, 0.4) is 0 Å². The van der Waals surface area contributed by atoms with Gasteiger partial charge in [0.2, 0.25) is 11.8 Å². The summed E-state index contributed by atoms with van der Waals surface area (Å²) in [7, 11) is 0. The summed E-state index contributed by atoms with van der Waals surface area (Å²) in [6.45, 7) is 0. The molecule has 1 aromatic heterocycles. The van der Waals surface area contributed by atoms with Crippen molar-refractivity contribution in [2.24, 2.45) is 5.73 Å². The topological polar surface area (TPSA) is 74.2 Å². The Hall–Kier alpha value is -1.15. The van der Waals surface area contributed by atoms with Gasteiger partial charge in [-0.15, -0.1) is 23.4 Å². The Morgan fingerprint density at radius 3 is 2.40 bits per heavy atom. The molecule has 0 aromatic carbocycles. The van der Waals surface area contributed by atoms with E-state index >= 15 is 0 Å². The fourth-order valence-electron chi connectivity index (χ4n) is 3.76. The molecule has 1 aromatic rings. The van der Waals surface area contributed by atoms with Gasteiger partial charge in [-0.3, -0.25) is 4.74 Å². The summed E-state index contributed by atoms with van der Waals surface area (Å²) in [6.07, 6.45) is -2.22. The number of ether oxygens (including phenoxy) is 1. The van der Waals surface area contributed by atoms with Gasteiger partial charge in [-0.2, -0.15) is 0 Å². The average molecular weight is 289 g/mol. The molecule has 0 radical (unpaired) electrons. The van der Waals surface area contributed by atoms with E-state index in [0.29, 0.717) is 11.8 Å². The molecule has 2 N–H and O–H groups in total. The van der Waals surface area contributed by atoms with Gasteiger partial charge < -0.3 is 10.2 Å². The molecule has 2 bridgehead atoms. The van der Waals surface area contributed by atoms with Crippen LogP contribution in [0.4, 0.5) is 13.2 Å². The minimum atomic E-state index is -4.57. The first-order valence-electron chi connectivity index (χ1n) is 6.64. The lowest BCUT2D eigenvalue weighted by Gasteiger charge is -2.66. The first kappa shape index (κ1) is 12.6. The average Bonchev–Trinajstić information content (AvgIpc) is 2.64. The fourth-order valence-corrected chi connectivity index (χ4v) is 3.76. The van der Waals surface area contributed by atoms with Crippen molar-refractivity contribution >= 4 is 0 Å². The standard InChI is InChI=1S/C12H14F3N3O2/c13-12(14,15)20-7-1-6(2-7)8-17-18-9(19-8)10-3-11(16,4-10)5-10/h6-7H,1-5,16H2/t6-,7+,10?,11?. The van der Waals surface area contributed by atoms with E-state index in [1.165, 1.54) is 0 Å². The van der Waals surface area contributed by atoms with Crippen LogP contribution in [0.25, 0.3) is 0 Å². The van der Waals surface area contributed by atoms with Crippen LogP contribution in [0.2, 0.25) is 0 Å². The van der Waals surface area contributed by atoms with E-state index in [1.54, 1.807) is 0 Å². The number of nitrogens with two attached hydrogens (primary N) is 1. The molecule has 4 saturated carbocycles. The van der Waals surface area contributed by atoms with E-state index in [-0.39, 0.29) is 29.7 Å². The van der Waals surface area contributed by atoms with Crippen LogP contribution in [0, 0.1) is 0 Å². The van der Waals surface area contributed by atoms with Crippen molar-refractivity contribution in [3.8, 4) is 0 Å². The molecule has 4 aliphatic rings. The molecule has 0 atom stereocenters. The van der Waals surface area contributed by atoms with Crippen LogP contribution in [0.1, 0.15) is 49.8 Å². The molecule has 0 amide bonds. The highest BCUT2D eigenvalue weighted by atomic mass is 19.4. The lowest BCUT2D eigenvalue weighted by Crippen LogP contribution is -2.74. The Kier molecular flexibility index (Phi) is 2.23. The van der Waals surface area contributed by atoms with Gasteiger partial charge in [0.15, 0.2) is 0 Å². The summed E-state index contributed by atoms with van der Waals surface area (Å²) in [5, 5.41) is 8.02. The molecule has 4 aliphatic carbocycles. The van der Waals surface area contributed by atoms with Crippen molar-refractivity contribution < 1.29 is 22.3 Å². The summed E-state index contributed by atoms with van der Waals surface area (Å²) in [4.78, 5) is 0. The van der Waals surface area contributed by atoms with Crippen LogP contribution >= 0.6 is 0 Å². The van der Waals surface area contributed by atoms with Gasteiger partial charge in [0, 0.05) is 11.5 Å². The first-order chi connectivity index (χ1) is 9.27. The van der Waals surface area contributed by atoms with Crippen molar-refractivity contribution in [3.05, 3.63) is 11.8 Å². The zero-order valence-corrected chi connectivity index (χ0v) is 10.6. The quantitative estimate of drug-likeness (QED) is 0.921. The van der Waals surface area contributed by atoms with Crippen LogP contribution in [0.5, 0.6) is 0 Å². The summed E-state index contributed by atoms with van der Waals surface area (Å²) in [5.41, 5.74) is 5.88. The lowest BCUT2D eigenvalue weighted by atomic mass is 9.40. The number of hydrogen-bond acceptors (Lipinski definition) is 5. The van der Waals surface area contributed by atoms with Gasteiger partial charge in [0.25, 0.3) is 0 Å². The SMILES string of the molecule is NC12CC(c3nnc([C@H]4C[C@@H](OC(F)(F)F)C4)o3)(C1)C2. The molecule has 110 valence electrons. The van der Waals surface area contributed by atoms with Crippen LogP contribution in [-0.4, -0.2) is 28.2 Å². The summed E-state index contributed by atoms with van der Waals surface area (Å²) >= 11 is 0. The second kappa shape index (κ2) is 3.54. The molecule has 5 nitrogen and oxygen atoms in total. The Balaban J connectivity index is 1.37. The molecular formula is C12H14F3N3O2. The van der Waals surface area contributed by atoms with Gasteiger partial charge in [-0.1, -0.05) is 0 Å². The zero-order chi connectivity index (χ0) is 14.2. The number of aromatic nitrogens is 2. The monoisotopic (exact) mass is 289 g/mol. The molecule has 20 heavy (non-hydrogen) atoms. The number of halogens is 3. The Morgan fingerprint density at radius 2 is 1.85 bits per heavy atom. The normalized spacial score (nSPS) is 42.6. The lowest BCUT2D eigenvalue weighted by molar-refractivity contribution is -0.352. The van der Waals surface area contributed by atoms with E-state index in [4.69, 9.17) is 10.2 Å². The Labute approximate surface area is 112 Å². The predicted octanol–water partition coefficient (Wildman–Crippen LogP) is 1.98. The van der Waals surface area contributed by atoms with Gasteiger partial charge >= 0.3 is 6.36 Å². The Morgan fingerprint density at radius 1 is 1.20 bits per heavy atom. The van der Waals surface area contributed by atoms with Gasteiger partial charge in [-0.05, 0) is 32.1 Å². The van der Waals surface area contributed by atoms with Crippen molar-refractivity contribution in [1.29, 1.82) is 0 Å². The molecule has 0 unspecified atom stereocenters. The van der Waals surface area contributed by atoms with Gasteiger partial charge in [-0.25, -0.2) is 0 Å². The summed E-state index contributed by atoms with van der Waals surface area (Å²) in [5.74, 6) is 0.903. The minimum absolute atomic E-state index is 0.0449. The van der Waals surface area contributed by atoms with E-state index in [9.17, 15) is 13.2 Å². The second-order valence-corrected chi connectivity index (χ2v) is 6.47. The minimum Gasteiger partial charge on any atom is -0.424 e. The van der Waals surface area contributed by atoms with E-state index in [2.05, 4.69) is 14.9 Å². The molecule has 5 rings (SSSR count). The third-order valence-corrected chi connectivity index (χ3v) is 4.71. The largest absolute Gasteiger partial charge is 0.522 e. The number of hydrogen-bond donors (Lipinski definition) is 1. The maximum absolute atomic E-state index is 12.0. The third-order valence-electron chi connectivity index (χ3n) is 4.71. The number of alkyl halides is 3. The van der Waals surface area contributed by atoms with Crippen molar-refractivity contribution in [2.45, 2.75) is 61.4 Å². The molecular weight excluding hydrogens is 275 g/mol. The van der Waals surface area contributed by atoms with Gasteiger partial charge in [0.1, 0.15) is 0 Å². The second-order valence-electron chi connectivity index (χ2n) is 6.47. The highest BCUT2D eigenvalue weighted by Gasteiger charge is 2.69. The van der Waals surface area contributed by atoms with Crippen LogP contribution < -0.4 is 5.73 Å². The third kappa shape index (κ3) is 1.77. The first-order valence-corrected chi connectivity index (χ1v) is 6.64. The smallest absolute Gasteiger partial charge is 0.424 e. The molecule has 0 saturated heterocycles. The van der Waals surface area contributed by atoms with E-state index in [0.717, 1.165) is 19.3 Å². The van der Waals surface area contributed by atoms with E-state index < -0.39 is 12.5 Å². The molecule has 1 heterocycles. The van der Waals surface area contributed by atoms with Crippen molar-refractivity contribution in [3.63, 3.8) is 0 Å². The fraction of sp³-hybridized carbons (Fsp3) is 0.833. The maximum Gasteiger partial charge on any atom is 0.522 e. The summed E-state index contributed by atoms with van der Waals surface area (Å²) in [6, 6.07) is 0. The van der Waals surface area contributed by atoms with Crippen molar-refractivity contribution in [1.82, 2.24) is 10.2 Å². The van der Waals surface area contributed by atoms with Crippen molar-refractivity contribution in [2.75, 3.05) is 0 Å². The molecule has 0 aliphatic heterocycles. The number of nitrogens with zero attached hydrogens (tertiary/aromatic N) is 2. The highest BCUT2D eigenvalue weighted by molar-refractivity contribution is 5.33. The van der Waals surface area contributed by atoms with E-state index in [1.807, 2.05) is 0 Å². The molecule has 0 spiro atoms. The Bertz CT molecular complexity index is 531. The highest BCUT2D eigenvalue weighted by Crippen LogP contribution is 2.66. The predicted molar refractivity (Wildman–Crippen MR) is 59.6 cm³/mol. The summed E-state index contributed by atoms with van der Waals surface area (Å²) < 4.78 is 45.7. The van der Waals surface area contributed by atoms with Crippen LogP contribution in [0.15, 0.2) is 4.42 Å². The van der Waals surface area contributed by atoms with Crippen LogP contribution in [-0.2, 0) is 10.2 Å². The maximum atomic E-state index is 12.0.